The number of rotatable bonds is 6. The third-order valence-electron chi connectivity index (χ3n) is 4.67. The zero-order valence-corrected chi connectivity index (χ0v) is 14.6. The number of carbonyl (C=O) groups is 1. The molecule has 2 N–H and O–H groups in total. The van der Waals surface area contributed by atoms with Crippen LogP contribution < -0.4 is 5.73 Å². The standard InChI is InChI=1S/C21H26N2O2/c22-13-12-20-16-23(14-15-25-20)21(24)11-8-17-6-9-19(10-7-17)18-4-2-1-3-5-18/h1-7,9-10,20H,8,11-16,22H2/t20-/m1/s1. The van der Waals surface area contributed by atoms with Gasteiger partial charge in [0, 0.05) is 19.5 Å². The van der Waals surface area contributed by atoms with E-state index in [9.17, 15) is 4.79 Å². The van der Waals surface area contributed by atoms with Crippen molar-refractivity contribution in [3.63, 3.8) is 0 Å². The fourth-order valence-corrected chi connectivity index (χ4v) is 3.21. The van der Waals surface area contributed by atoms with Crippen LogP contribution in [0.1, 0.15) is 18.4 Å². The first-order valence-corrected chi connectivity index (χ1v) is 9.00. The van der Waals surface area contributed by atoms with Gasteiger partial charge in [-0.25, -0.2) is 0 Å². The Bertz CT molecular complexity index is 668. The number of benzene rings is 2. The van der Waals surface area contributed by atoms with Crippen LogP contribution in [0.4, 0.5) is 0 Å². The van der Waals surface area contributed by atoms with Gasteiger partial charge in [0.05, 0.1) is 12.7 Å². The molecule has 1 fully saturated rings. The molecule has 2 aromatic rings. The smallest absolute Gasteiger partial charge is 0.223 e. The van der Waals surface area contributed by atoms with Crippen LogP contribution >= 0.6 is 0 Å². The summed E-state index contributed by atoms with van der Waals surface area (Å²) in [5, 5.41) is 0. The van der Waals surface area contributed by atoms with Crippen LogP contribution in [0.15, 0.2) is 54.6 Å². The van der Waals surface area contributed by atoms with Crippen molar-refractivity contribution in [2.75, 3.05) is 26.2 Å². The normalized spacial score (nSPS) is 17.5. The highest BCUT2D eigenvalue weighted by Crippen LogP contribution is 2.20. The number of carbonyl (C=O) groups excluding carboxylic acids is 1. The van der Waals surface area contributed by atoms with Crippen LogP contribution in [0.25, 0.3) is 11.1 Å². The van der Waals surface area contributed by atoms with Crippen LogP contribution in [0.3, 0.4) is 0 Å². The van der Waals surface area contributed by atoms with E-state index >= 15 is 0 Å². The molecule has 1 aliphatic rings. The summed E-state index contributed by atoms with van der Waals surface area (Å²) in [6, 6.07) is 18.8. The molecule has 0 aliphatic carbocycles. The molecule has 0 radical (unpaired) electrons. The lowest BCUT2D eigenvalue weighted by Gasteiger charge is -2.33. The molecular weight excluding hydrogens is 312 g/mol. The number of ether oxygens (including phenoxy) is 1. The quantitative estimate of drug-likeness (QED) is 0.881. The van der Waals surface area contributed by atoms with Gasteiger partial charge in [-0.3, -0.25) is 4.79 Å². The number of aryl methyl sites for hydroxylation is 1. The molecule has 0 aromatic heterocycles. The summed E-state index contributed by atoms with van der Waals surface area (Å²) in [6.07, 6.45) is 2.21. The monoisotopic (exact) mass is 338 g/mol. The fraction of sp³-hybridized carbons (Fsp3) is 0.381. The van der Waals surface area contributed by atoms with Gasteiger partial charge in [0.2, 0.25) is 5.91 Å². The highest BCUT2D eigenvalue weighted by Gasteiger charge is 2.23. The van der Waals surface area contributed by atoms with E-state index in [1.165, 1.54) is 16.7 Å². The number of nitrogens with zero attached hydrogens (tertiary/aromatic N) is 1. The van der Waals surface area contributed by atoms with Crippen molar-refractivity contribution in [2.45, 2.75) is 25.4 Å². The molecule has 0 saturated carbocycles. The van der Waals surface area contributed by atoms with Crippen molar-refractivity contribution < 1.29 is 9.53 Å². The summed E-state index contributed by atoms with van der Waals surface area (Å²) >= 11 is 0. The predicted molar refractivity (Wildman–Crippen MR) is 100 cm³/mol. The molecule has 4 heteroatoms. The summed E-state index contributed by atoms with van der Waals surface area (Å²) in [5.41, 5.74) is 9.20. The Hall–Kier alpha value is -2.17. The maximum atomic E-state index is 12.4. The number of morpholine rings is 1. The molecule has 4 nitrogen and oxygen atoms in total. The zero-order chi connectivity index (χ0) is 17.5. The van der Waals surface area contributed by atoms with Crippen LogP contribution in [-0.4, -0.2) is 43.2 Å². The predicted octanol–water partition coefficient (Wildman–Crippen LogP) is 2.86. The number of hydrogen-bond acceptors (Lipinski definition) is 3. The molecule has 1 aliphatic heterocycles. The first kappa shape index (κ1) is 17.6. The molecular formula is C21H26N2O2. The third-order valence-corrected chi connectivity index (χ3v) is 4.67. The SMILES string of the molecule is NCC[C@@H]1CN(C(=O)CCc2ccc(-c3ccccc3)cc2)CCO1. The van der Waals surface area contributed by atoms with Gasteiger partial charge >= 0.3 is 0 Å². The Morgan fingerprint density at radius 3 is 2.52 bits per heavy atom. The number of amides is 1. The largest absolute Gasteiger partial charge is 0.374 e. The third kappa shape index (κ3) is 4.91. The van der Waals surface area contributed by atoms with Crippen molar-refractivity contribution in [3.05, 3.63) is 60.2 Å². The summed E-state index contributed by atoms with van der Waals surface area (Å²) in [5.74, 6) is 0.206. The van der Waals surface area contributed by atoms with E-state index in [2.05, 4.69) is 36.4 Å². The maximum absolute atomic E-state index is 12.4. The van der Waals surface area contributed by atoms with Crippen molar-refractivity contribution >= 4 is 5.91 Å². The Morgan fingerprint density at radius 2 is 1.80 bits per heavy atom. The van der Waals surface area contributed by atoms with Crippen molar-refractivity contribution in [1.82, 2.24) is 4.90 Å². The summed E-state index contributed by atoms with van der Waals surface area (Å²) in [7, 11) is 0. The van der Waals surface area contributed by atoms with E-state index in [0.29, 0.717) is 32.7 Å². The molecule has 3 rings (SSSR count). The highest BCUT2D eigenvalue weighted by atomic mass is 16.5. The van der Waals surface area contributed by atoms with Gasteiger partial charge in [-0.1, -0.05) is 54.6 Å². The van der Waals surface area contributed by atoms with E-state index in [-0.39, 0.29) is 12.0 Å². The second-order valence-electron chi connectivity index (χ2n) is 6.47. The van der Waals surface area contributed by atoms with Gasteiger partial charge in [-0.2, -0.15) is 0 Å². The van der Waals surface area contributed by atoms with Crippen LogP contribution in [0.5, 0.6) is 0 Å². The summed E-state index contributed by atoms with van der Waals surface area (Å²) < 4.78 is 5.64. The number of hydrogen-bond donors (Lipinski definition) is 1. The van der Waals surface area contributed by atoms with E-state index in [1.807, 2.05) is 23.1 Å². The Morgan fingerprint density at radius 1 is 1.08 bits per heavy atom. The first-order chi connectivity index (χ1) is 12.3. The van der Waals surface area contributed by atoms with Gasteiger partial charge in [-0.15, -0.1) is 0 Å². The maximum Gasteiger partial charge on any atom is 0.223 e. The molecule has 132 valence electrons. The molecule has 1 amide bonds. The lowest BCUT2D eigenvalue weighted by molar-refractivity contribution is -0.138. The molecule has 0 spiro atoms. The van der Waals surface area contributed by atoms with E-state index < -0.39 is 0 Å². The van der Waals surface area contributed by atoms with Gasteiger partial charge < -0.3 is 15.4 Å². The summed E-state index contributed by atoms with van der Waals surface area (Å²) in [6.45, 7) is 2.57. The lowest BCUT2D eigenvalue weighted by atomic mass is 10.0. The molecule has 2 aromatic carbocycles. The molecule has 1 saturated heterocycles. The van der Waals surface area contributed by atoms with E-state index in [1.54, 1.807) is 0 Å². The molecule has 1 heterocycles. The zero-order valence-electron chi connectivity index (χ0n) is 14.6. The van der Waals surface area contributed by atoms with Gasteiger partial charge in [0.1, 0.15) is 0 Å². The van der Waals surface area contributed by atoms with E-state index in [0.717, 1.165) is 12.8 Å². The molecule has 1 atom stereocenters. The topological polar surface area (TPSA) is 55.6 Å². The first-order valence-electron chi connectivity index (χ1n) is 9.00. The molecule has 25 heavy (non-hydrogen) atoms. The van der Waals surface area contributed by atoms with Crippen molar-refractivity contribution in [2.24, 2.45) is 5.73 Å². The summed E-state index contributed by atoms with van der Waals surface area (Å²) in [4.78, 5) is 14.4. The van der Waals surface area contributed by atoms with Gasteiger partial charge in [-0.05, 0) is 36.1 Å². The van der Waals surface area contributed by atoms with Crippen molar-refractivity contribution in [3.8, 4) is 11.1 Å². The molecule has 0 unspecified atom stereocenters. The average Bonchev–Trinajstić information content (AvgIpc) is 2.68. The Kier molecular flexibility index (Phi) is 6.20. The van der Waals surface area contributed by atoms with Crippen molar-refractivity contribution in [1.29, 1.82) is 0 Å². The van der Waals surface area contributed by atoms with Gasteiger partial charge in [0.25, 0.3) is 0 Å². The minimum atomic E-state index is 0.0906. The van der Waals surface area contributed by atoms with E-state index in [4.69, 9.17) is 10.5 Å². The minimum Gasteiger partial charge on any atom is -0.374 e. The van der Waals surface area contributed by atoms with Gasteiger partial charge in [0.15, 0.2) is 0 Å². The Labute approximate surface area is 149 Å². The van der Waals surface area contributed by atoms with Crippen LogP contribution in [0.2, 0.25) is 0 Å². The fourth-order valence-electron chi connectivity index (χ4n) is 3.21. The Balaban J connectivity index is 1.52. The average molecular weight is 338 g/mol. The molecule has 0 bridgehead atoms. The van der Waals surface area contributed by atoms with Crippen LogP contribution in [-0.2, 0) is 16.0 Å². The second kappa shape index (κ2) is 8.79. The number of nitrogens with two attached hydrogens (primary N) is 1. The second-order valence-corrected chi connectivity index (χ2v) is 6.47. The minimum absolute atomic E-state index is 0.0906. The highest BCUT2D eigenvalue weighted by molar-refractivity contribution is 5.76. The van der Waals surface area contributed by atoms with Crippen LogP contribution in [0, 0.1) is 0 Å². The lowest BCUT2D eigenvalue weighted by Crippen LogP contribution is -2.46.